The molecule has 0 unspecified atom stereocenters. The van der Waals surface area contributed by atoms with E-state index in [2.05, 4.69) is 4.98 Å². The Morgan fingerprint density at radius 1 is 1.56 bits per heavy atom. The van der Waals surface area contributed by atoms with E-state index in [1.54, 1.807) is 0 Å². The largest absolute Gasteiger partial charge is 0.366 e. The number of aromatic amines is 1. The van der Waals surface area contributed by atoms with Crippen molar-refractivity contribution in [3.63, 3.8) is 0 Å². The van der Waals surface area contributed by atoms with E-state index in [9.17, 15) is 12.3 Å². The van der Waals surface area contributed by atoms with Crippen molar-refractivity contribution in [1.29, 1.82) is 0 Å². The molecule has 0 aliphatic carbocycles. The quantitative estimate of drug-likeness (QED) is 0.596. The molecule has 0 aromatic carbocycles. The van der Waals surface area contributed by atoms with Gasteiger partial charge in [-0.25, -0.2) is 0 Å². The summed E-state index contributed by atoms with van der Waals surface area (Å²) in [7, 11) is -4.49. The summed E-state index contributed by atoms with van der Waals surface area (Å²) in [6.07, 6.45) is 2.42. The van der Waals surface area contributed by atoms with Crippen molar-refractivity contribution in [3.05, 3.63) is 18.5 Å². The van der Waals surface area contributed by atoms with Gasteiger partial charge in [0.2, 0.25) is 0 Å². The third kappa shape index (κ3) is 1.29. The van der Waals surface area contributed by atoms with Gasteiger partial charge in [0.15, 0.2) is 0 Å². The predicted octanol–water partition coefficient (Wildman–Crippen LogP) is 0.673. The summed E-state index contributed by atoms with van der Waals surface area (Å²) in [5, 5.41) is 0. The van der Waals surface area contributed by atoms with Gasteiger partial charge in [0.25, 0.3) is 0 Å². The van der Waals surface area contributed by atoms with E-state index >= 15 is 0 Å². The Balaban J connectivity index is 3.20. The fourth-order valence-corrected chi connectivity index (χ4v) is 0.900. The van der Waals surface area contributed by atoms with Crippen LogP contribution >= 0.6 is 0 Å². The molecule has 0 bridgehead atoms. The lowest BCUT2D eigenvalue weighted by atomic mass is 10.7. The highest BCUT2D eigenvalue weighted by Gasteiger charge is 2.10. The molecule has 3 nitrogen and oxygen atoms in total. The van der Waals surface area contributed by atoms with Gasteiger partial charge >= 0.3 is 10.2 Å². The Morgan fingerprint density at radius 3 is 2.44 bits per heavy atom. The van der Waals surface area contributed by atoms with Crippen LogP contribution in [0.1, 0.15) is 0 Å². The lowest BCUT2D eigenvalue weighted by Gasteiger charge is -1.81. The zero-order valence-electron chi connectivity index (χ0n) is 4.33. The third-order valence-corrected chi connectivity index (χ3v) is 1.67. The maximum absolute atomic E-state index is 11.9. The normalized spacial score (nSPS) is 11.7. The first-order valence-electron chi connectivity index (χ1n) is 2.18. The molecule has 0 aliphatic heterocycles. The lowest BCUT2D eigenvalue weighted by Crippen LogP contribution is -1.86. The molecule has 5 heteroatoms. The second kappa shape index (κ2) is 1.84. The highest BCUT2D eigenvalue weighted by atomic mass is 32.3. The molecule has 0 aliphatic rings. The molecule has 0 fully saturated rings. The van der Waals surface area contributed by atoms with Gasteiger partial charge in [0, 0.05) is 12.4 Å². The number of H-pyrrole nitrogens is 1. The summed E-state index contributed by atoms with van der Waals surface area (Å²) in [6, 6.07) is 1.15. The molecule has 50 valence electrons. The third-order valence-electron chi connectivity index (χ3n) is 0.851. The van der Waals surface area contributed by atoms with Crippen LogP contribution in [-0.2, 0) is 10.2 Å². The Morgan fingerprint density at radius 2 is 2.22 bits per heavy atom. The van der Waals surface area contributed by atoms with Crippen molar-refractivity contribution in [3.8, 4) is 0 Å². The first kappa shape index (κ1) is 6.28. The standard InChI is InChI=1S/C4H4FNO2S/c5-9(7,8)4-1-2-6-3-4/h1-3,6H. The van der Waals surface area contributed by atoms with Crippen molar-refractivity contribution in [2.45, 2.75) is 4.90 Å². The minimum absolute atomic E-state index is 0.331. The molecule has 1 aromatic heterocycles. The zero-order chi connectivity index (χ0) is 6.91. The van der Waals surface area contributed by atoms with E-state index in [4.69, 9.17) is 0 Å². The van der Waals surface area contributed by atoms with Gasteiger partial charge < -0.3 is 4.98 Å². The van der Waals surface area contributed by atoms with Crippen LogP contribution in [0.25, 0.3) is 0 Å². The van der Waals surface area contributed by atoms with Crippen LogP contribution in [0.3, 0.4) is 0 Å². The van der Waals surface area contributed by atoms with Crippen LogP contribution < -0.4 is 0 Å². The molecule has 1 rings (SSSR count). The first-order chi connectivity index (χ1) is 4.11. The number of aromatic nitrogens is 1. The molecule has 0 saturated carbocycles. The molecule has 9 heavy (non-hydrogen) atoms. The molecule has 0 amide bonds. The summed E-state index contributed by atoms with van der Waals surface area (Å²) in [5.41, 5.74) is 0. The summed E-state index contributed by atoms with van der Waals surface area (Å²) in [5.74, 6) is 0. The average Bonchev–Trinajstić information content (AvgIpc) is 2.08. The summed E-state index contributed by atoms with van der Waals surface area (Å²) in [6.45, 7) is 0. The fraction of sp³-hybridized carbons (Fsp3) is 0. The minimum atomic E-state index is -4.49. The highest BCUT2D eigenvalue weighted by molar-refractivity contribution is 7.86. The second-order valence-corrected chi connectivity index (χ2v) is 2.83. The van der Waals surface area contributed by atoms with Crippen molar-refractivity contribution < 1.29 is 12.3 Å². The minimum Gasteiger partial charge on any atom is -0.366 e. The lowest BCUT2D eigenvalue weighted by molar-refractivity contribution is 0.552. The van der Waals surface area contributed by atoms with Gasteiger partial charge in [0.05, 0.1) is 0 Å². The molecule has 0 atom stereocenters. The molecule has 1 heterocycles. The van der Waals surface area contributed by atoms with Crippen molar-refractivity contribution in [2.24, 2.45) is 0 Å². The van der Waals surface area contributed by atoms with Crippen molar-refractivity contribution in [1.82, 2.24) is 4.98 Å². The van der Waals surface area contributed by atoms with Crippen LogP contribution in [-0.4, -0.2) is 13.4 Å². The Bertz CT molecular complexity index is 276. The van der Waals surface area contributed by atoms with E-state index in [0.29, 0.717) is 0 Å². The van der Waals surface area contributed by atoms with Gasteiger partial charge in [-0.05, 0) is 6.07 Å². The number of nitrogens with one attached hydrogen (secondary N) is 1. The van der Waals surface area contributed by atoms with Crippen LogP contribution in [0.15, 0.2) is 23.4 Å². The Labute approximate surface area is 51.7 Å². The van der Waals surface area contributed by atoms with E-state index in [-0.39, 0.29) is 4.90 Å². The molecule has 1 aromatic rings. The fourth-order valence-electron chi connectivity index (χ4n) is 0.460. The van der Waals surface area contributed by atoms with Gasteiger partial charge in [-0.2, -0.15) is 8.42 Å². The van der Waals surface area contributed by atoms with Gasteiger partial charge in [-0.1, -0.05) is 0 Å². The average molecular weight is 149 g/mol. The molecule has 0 radical (unpaired) electrons. The zero-order valence-corrected chi connectivity index (χ0v) is 5.15. The van der Waals surface area contributed by atoms with Gasteiger partial charge in [0.1, 0.15) is 4.90 Å². The summed E-state index contributed by atoms with van der Waals surface area (Å²) >= 11 is 0. The van der Waals surface area contributed by atoms with E-state index in [1.807, 2.05) is 0 Å². The van der Waals surface area contributed by atoms with Crippen molar-refractivity contribution in [2.75, 3.05) is 0 Å². The Kier molecular flexibility index (Phi) is 1.28. The van der Waals surface area contributed by atoms with Crippen LogP contribution in [0.4, 0.5) is 3.89 Å². The van der Waals surface area contributed by atoms with Crippen LogP contribution in [0.2, 0.25) is 0 Å². The number of hydrogen-bond donors (Lipinski definition) is 1. The number of hydrogen-bond acceptors (Lipinski definition) is 2. The Hall–Kier alpha value is -0.840. The molecule has 0 spiro atoms. The van der Waals surface area contributed by atoms with Crippen LogP contribution in [0.5, 0.6) is 0 Å². The second-order valence-electron chi connectivity index (χ2n) is 1.48. The maximum atomic E-state index is 11.9. The van der Waals surface area contributed by atoms with Gasteiger partial charge in [-0.15, -0.1) is 3.89 Å². The molecule has 1 N–H and O–H groups in total. The first-order valence-corrected chi connectivity index (χ1v) is 3.56. The summed E-state index contributed by atoms with van der Waals surface area (Å²) < 4.78 is 31.9. The van der Waals surface area contributed by atoms with E-state index in [1.165, 1.54) is 6.20 Å². The van der Waals surface area contributed by atoms with E-state index in [0.717, 1.165) is 12.3 Å². The van der Waals surface area contributed by atoms with Crippen LogP contribution in [0, 0.1) is 0 Å². The topological polar surface area (TPSA) is 49.9 Å². The van der Waals surface area contributed by atoms with E-state index < -0.39 is 10.2 Å². The van der Waals surface area contributed by atoms with Gasteiger partial charge in [-0.3, -0.25) is 0 Å². The predicted molar refractivity (Wildman–Crippen MR) is 29.1 cm³/mol. The number of halogens is 1. The van der Waals surface area contributed by atoms with Crippen molar-refractivity contribution >= 4 is 10.2 Å². The number of rotatable bonds is 1. The molecular formula is C4H4FNO2S. The highest BCUT2D eigenvalue weighted by Crippen LogP contribution is 2.08. The molecular weight excluding hydrogens is 145 g/mol. The SMILES string of the molecule is O=S(=O)(F)c1cc[nH]c1. The molecule has 0 saturated heterocycles. The maximum Gasteiger partial charge on any atom is 0.333 e. The summed E-state index contributed by atoms with van der Waals surface area (Å²) in [4.78, 5) is 2.09. The monoisotopic (exact) mass is 149 g/mol. The smallest absolute Gasteiger partial charge is 0.333 e.